The van der Waals surface area contributed by atoms with Gasteiger partial charge in [-0.25, -0.2) is 0 Å². The third-order valence-corrected chi connectivity index (χ3v) is 5.81. The maximum Gasteiger partial charge on any atom is 0.0737 e. The zero-order valence-electron chi connectivity index (χ0n) is 18.4. The Morgan fingerprint density at radius 1 is 0.812 bits per heavy atom. The fourth-order valence-electron chi connectivity index (χ4n) is 3.85. The Balaban J connectivity index is 1.29. The Morgan fingerprint density at radius 2 is 1.50 bits per heavy atom. The SMILES string of the molecule is CN(CCCNc1ccnc2cc(Cl)ccc12)CCN(c1ccccc1)c1ccccc1. The number of hydrogen-bond donors (Lipinski definition) is 1. The molecular formula is C27H29ClN4. The first-order chi connectivity index (χ1) is 15.7. The smallest absolute Gasteiger partial charge is 0.0737 e. The topological polar surface area (TPSA) is 31.4 Å². The number of para-hydroxylation sites is 2. The number of benzene rings is 3. The lowest BCUT2D eigenvalue weighted by Gasteiger charge is -2.27. The third-order valence-electron chi connectivity index (χ3n) is 5.58. The second-order valence-electron chi connectivity index (χ2n) is 7.93. The van der Waals surface area contributed by atoms with Gasteiger partial charge >= 0.3 is 0 Å². The molecule has 164 valence electrons. The van der Waals surface area contributed by atoms with Gasteiger partial charge in [0.2, 0.25) is 0 Å². The number of nitrogens with zero attached hydrogens (tertiary/aromatic N) is 3. The molecule has 0 fully saturated rings. The van der Waals surface area contributed by atoms with Crippen molar-refractivity contribution in [3.63, 3.8) is 0 Å². The van der Waals surface area contributed by atoms with E-state index in [1.165, 1.54) is 11.4 Å². The number of nitrogens with one attached hydrogen (secondary N) is 1. The number of rotatable bonds is 10. The molecule has 4 aromatic rings. The molecule has 0 atom stereocenters. The Morgan fingerprint density at radius 3 is 2.19 bits per heavy atom. The average molecular weight is 445 g/mol. The summed E-state index contributed by atoms with van der Waals surface area (Å²) < 4.78 is 0. The van der Waals surface area contributed by atoms with Crippen molar-refractivity contribution in [2.45, 2.75) is 6.42 Å². The standard InChI is InChI=1S/C27H29ClN4/c1-31(18-8-16-29-26-15-17-30-27-21-22(28)13-14-25(26)27)19-20-32(23-9-4-2-5-10-23)24-11-6-3-7-12-24/h2-7,9-15,17,21H,8,16,18-20H2,1H3,(H,29,30). The van der Waals surface area contributed by atoms with Crippen molar-refractivity contribution in [3.05, 3.63) is 96.1 Å². The van der Waals surface area contributed by atoms with Gasteiger partial charge in [0.25, 0.3) is 0 Å². The Labute approximate surface area is 195 Å². The van der Waals surface area contributed by atoms with Crippen LogP contribution in [0.25, 0.3) is 10.9 Å². The van der Waals surface area contributed by atoms with Crippen LogP contribution >= 0.6 is 11.6 Å². The second kappa shape index (κ2) is 11.0. The summed E-state index contributed by atoms with van der Waals surface area (Å²) in [4.78, 5) is 9.18. The predicted molar refractivity (Wildman–Crippen MR) is 137 cm³/mol. The molecule has 0 bridgehead atoms. The molecule has 4 nitrogen and oxygen atoms in total. The monoisotopic (exact) mass is 444 g/mol. The van der Waals surface area contributed by atoms with Crippen molar-refractivity contribution in [3.8, 4) is 0 Å². The molecule has 1 aromatic heterocycles. The van der Waals surface area contributed by atoms with E-state index >= 15 is 0 Å². The van der Waals surface area contributed by atoms with Crippen LogP contribution in [-0.4, -0.2) is 43.1 Å². The molecule has 0 aliphatic rings. The summed E-state index contributed by atoms with van der Waals surface area (Å²) in [6.45, 7) is 3.86. The molecule has 1 heterocycles. The van der Waals surface area contributed by atoms with Crippen LogP contribution in [-0.2, 0) is 0 Å². The lowest BCUT2D eigenvalue weighted by Crippen LogP contribution is -2.31. The van der Waals surface area contributed by atoms with Crippen LogP contribution in [0.15, 0.2) is 91.1 Å². The largest absolute Gasteiger partial charge is 0.384 e. The van der Waals surface area contributed by atoms with E-state index in [0.717, 1.165) is 49.2 Å². The quantitative estimate of drug-likeness (QED) is 0.284. The van der Waals surface area contributed by atoms with E-state index in [1.807, 2.05) is 30.5 Å². The number of halogens is 1. The molecule has 0 amide bonds. The second-order valence-corrected chi connectivity index (χ2v) is 8.36. The number of anilines is 3. The van der Waals surface area contributed by atoms with Crippen molar-refractivity contribution < 1.29 is 0 Å². The van der Waals surface area contributed by atoms with E-state index in [1.54, 1.807) is 0 Å². The van der Waals surface area contributed by atoms with Gasteiger partial charge in [-0.3, -0.25) is 4.98 Å². The molecular weight excluding hydrogens is 416 g/mol. The first-order valence-corrected chi connectivity index (χ1v) is 11.4. The van der Waals surface area contributed by atoms with Crippen LogP contribution in [0.4, 0.5) is 17.1 Å². The average Bonchev–Trinajstić information content (AvgIpc) is 2.83. The van der Waals surface area contributed by atoms with E-state index in [4.69, 9.17) is 11.6 Å². The first kappa shape index (κ1) is 22.1. The van der Waals surface area contributed by atoms with Crippen LogP contribution in [0.3, 0.4) is 0 Å². The van der Waals surface area contributed by atoms with Gasteiger partial charge in [0.15, 0.2) is 0 Å². The number of likely N-dealkylation sites (N-methyl/N-ethyl adjacent to an activating group) is 1. The maximum atomic E-state index is 6.09. The van der Waals surface area contributed by atoms with Crippen LogP contribution in [0, 0.1) is 0 Å². The molecule has 0 saturated heterocycles. The minimum atomic E-state index is 0.712. The predicted octanol–water partition coefficient (Wildman–Crippen LogP) is 6.46. The summed E-state index contributed by atoms with van der Waals surface area (Å²) in [5.74, 6) is 0. The molecule has 0 radical (unpaired) electrons. The van der Waals surface area contributed by atoms with Crippen molar-refractivity contribution in [2.75, 3.05) is 43.4 Å². The molecule has 4 rings (SSSR count). The van der Waals surface area contributed by atoms with E-state index in [9.17, 15) is 0 Å². The fraction of sp³-hybridized carbons (Fsp3) is 0.222. The minimum absolute atomic E-state index is 0.712. The van der Waals surface area contributed by atoms with Crippen molar-refractivity contribution in [1.29, 1.82) is 0 Å². The molecule has 0 unspecified atom stereocenters. The van der Waals surface area contributed by atoms with Gasteiger partial charge < -0.3 is 15.1 Å². The summed E-state index contributed by atoms with van der Waals surface area (Å²) in [5, 5.41) is 5.37. The Hall–Kier alpha value is -3.08. The number of aromatic nitrogens is 1. The number of pyridine rings is 1. The Bertz CT molecular complexity index is 1080. The minimum Gasteiger partial charge on any atom is -0.384 e. The third kappa shape index (κ3) is 5.78. The molecule has 32 heavy (non-hydrogen) atoms. The van der Waals surface area contributed by atoms with Gasteiger partial charge in [-0.05, 0) is 68.5 Å². The molecule has 5 heteroatoms. The fourth-order valence-corrected chi connectivity index (χ4v) is 4.02. The summed E-state index contributed by atoms with van der Waals surface area (Å²) >= 11 is 6.09. The van der Waals surface area contributed by atoms with Crippen LogP contribution in [0.2, 0.25) is 5.02 Å². The highest BCUT2D eigenvalue weighted by atomic mass is 35.5. The molecule has 0 saturated carbocycles. The number of fused-ring (bicyclic) bond motifs is 1. The van der Waals surface area contributed by atoms with Gasteiger partial charge in [-0.1, -0.05) is 48.0 Å². The van der Waals surface area contributed by atoms with Gasteiger partial charge in [0.05, 0.1) is 5.52 Å². The molecule has 0 aliphatic carbocycles. The lowest BCUT2D eigenvalue weighted by atomic mass is 10.2. The van der Waals surface area contributed by atoms with Crippen molar-refractivity contribution in [2.24, 2.45) is 0 Å². The highest BCUT2D eigenvalue weighted by molar-refractivity contribution is 6.31. The van der Waals surface area contributed by atoms with E-state index < -0.39 is 0 Å². The number of hydrogen-bond acceptors (Lipinski definition) is 4. The van der Waals surface area contributed by atoms with E-state index in [0.29, 0.717) is 5.02 Å². The lowest BCUT2D eigenvalue weighted by molar-refractivity contribution is 0.341. The van der Waals surface area contributed by atoms with Gasteiger partial charge in [-0.2, -0.15) is 0 Å². The Kier molecular flexibility index (Phi) is 7.59. The van der Waals surface area contributed by atoms with E-state index in [-0.39, 0.29) is 0 Å². The highest BCUT2D eigenvalue weighted by Gasteiger charge is 2.10. The zero-order valence-corrected chi connectivity index (χ0v) is 19.2. The summed E-state index contributed by atoms with van der Waals surface area (Å²) in [7, 11) is 2.19. The van der Waals surface area contributed by atoms with Crippen molar-refractivity contribution in [1.82, 2.24) is 9.88 Å². The van der Waals surface area contributed by atoms with Crippen LogP contribution in [0.5, 0.6) is 0 Å². The molecule has 0 spiro atoms. The molecule has 0 aliphatic heterocycles. The van der Waals surface area contributed by atoms with Crippen molar-refractivity contribution >= 4 is 39.6 Å². The zero-order chi connectivity index (χ0) is 22.2. The van der Waals surface area contributed by atoms with Crippen LogP contribution < -0.4 is 10.2 Å². The van der Waals surface area contributed by atoms with Gasteiger partial charge in [0, 0.05) is 53.3 Å². The van der Waals surface area contributed by atoms with Gasteiger partial charge in [0.1, 0.15) is 0 Å². The van der Waals surface area contributed by atoms with E-state index in [2.05, 4.69) is 87.8 Å². The summed E-state index contributed by atoms with van der Waals surface area (Å²) in [6.07, 6.45) is 2.89. The first-order valence-electron chi connectivity index (χ1n) is 11.0. The van der Waals surface area contributed by atoms with Gasteiger partial charge in [-0.15, -0.1) is 0 Å². The highest BCUT2D eigenvalue weighted by Crippen LogP contribution is 2.25. The molecule has 1 N–H and O–H groups in total. The molecule has 3 aromatic carbocycles. The summed E-state index contributed by atoms with van der Waals surface area (Å²) in [6, 6.07) is 29.1. The maximum absolute atomic E-state index is 6.09. The normalized spacial score (nSPS) is 11.1. The van der Waals surface area contributed by atoms with Crippen LogP contribution in [0.1, 0.15) is 6.42 Å². The summed E-state index contributed by atoms with van der Waals surface area (Å²) in [5.41, 5.74) is 4.46.